The summed E-state index contributed by atoms with van der Waals surface area (Å²) in [6.07, 6.45) is 1.94. The molecule has 1 amide bonds. The van der Waals surface area contributed by atoms with Crippen LogP contribution in [0.5, 0.6) is 11.5 Å². The lowest BCUT2D eigenvalue weighted by Gasteiger charge is -2.25. The van der Waals surface area contributed by atoms with Crippen LogP contribution in [0.4, 0.5) is 0 Å². The number of aliphatic hydroxyl groups excluding tert-OH is 2. The van der Waals surface area contributed by atoms with Gasteiger partial charge in [-0.25, -0.2) is 0 Å². The monoisotopic (exact) mass is 423 g/mol. The molecule has 0 spiro atoms. The van der Waals surface area contributed by atoms with Gasteiger partial charge in [0.25, 0.3) is 11.7 Å². The molecule has 1 aliphatic rings. The van der Waals surface area contributed by atoms with Gasteiger partial charge in [-0.3, -0.25) is 9.59 Å². The van der Waals surface area contributed by atoms with Gasteiger partial charge < -0.3 is 24.6 Å². The number of methoxy groups -OCH3 is 1. The molecule has 1 heterocycles. The van der Waals surface area contributed by atoms with Gasteiger partial charge in [-0.1, -0.05) is 24.8 Å². The number of amides is 1. The predicted molar refractivity (Wildman–Crippen MR) is 116 cm³/mol. The lowest BCUT2D eigenvalue weighted by atomic mass is 9.95. The average Bonchev–Trinajstić information content (AvgIpc) is 3.06. The largest absolute Gasteiger partial charge is 0.507 e. The molecule has 2 aromatic carbocycles. The van der Waals surface area contributed by atoms with Crippen molar-refractivity contribution >= 4 is 17.4 Å². The number of likely N-dealkylation sites (tertiary alicyclic amines) is 1. The molecule has 7 nitrogen and oxygen atoms in total. The highest BCUT2D eigenvalue weighted by molar-refractivity contribution is 6.46. The van der Waals surface area contributed by atoms with Gasteiger partial charge in [0, 0.05) is 18.7 Å². The molecule has 162 valence electrons. The van der Waals surface area contributed by atoms with Crippen molar-refractivity contribution in [3.8, 4) is 11.5 Å². The summed E-state index contributed by atoms with van der Waals surface area (Å²) in [5.41, 5.74) is 1.06. The third-order valence-electron chi connectivity index (χ3n) is 5.02. The number of hydrogen-bond acceptors (Lipinski definition) is 6. The zero-order chi connectivity index (χ0) is 22.4. The molecule has 1 saturated heterocycles. The van der Waals surface area contributed by atoms with Crippen molar-refractivity contribution < 1.29 is 29.3 Å². The molecular formula is C24H25NO6. The Hall–Kier alpha value is -3.58. The van der Waals surface area contributed by atoms with Crippen LogP contribution in [0.25, 0.3) is 5.76 Å². The second-order valence-corrected chi connectivity index (χ2v) is 6.97. The maximum atomic E-state index is 12.9. The Morgan fingerprint density at radius 2 is 1.74 bits per heavy atom. The summed E-state index contributed by atoms with van der Waals surface area (Å²) in [6.45, 7) is 4.00. The summed E-state index contributed by atoms with van der Waals surface area (Å²) in [5.74, 6) is -0.511. The van der Waals surface area contributed by atoms with E-state index >= 15 is 0 Å². The highest BCUT2D eigenvalue weighted by Gasteiger charge is 2.45. The first-order chi connectivity index (χ1) is 15.0. The molecule has 2 aromatic rings. The molecule has 0 aromatic heterocycles. The summed E-state index contributed by atoms with van der Waals surface area (Å²) in [6, 6.07) is 12.8. The minimum Gasteiger partial charge on any atom is -0.507 e. The van der Waals surface area contributed by atoms with E-state index < -0.39 is 17.7 Å². The zero-order valence-electron chi connectivity index (χ0n) is 17.3. The number of hydrogen-bond donors (Lipinski definition) is 2. The van der Waals surface area contributed by atoms with Crippen molar-refractivity contribution in [2.75, 3.05) is 26.9 Å². The molecule has 2 N–H and O–H groups in total. The summed E-state index contributed by atoms with van der Waals surface area (Å²) in [7, 11) is 1.55. The van der Waals surface area contributed by atoms with Gasteiger partial charge in [0.15, 0.2) is 0 Å². The molecular weight excluding hydrogens is 398 g/mol. The SMILES string of the molecule is C=CCOc1ccc(/C(O)=C2\C(=O)C(=O)N(CCCO)C2c2ccc(OC)cc2)cc1. The summed E-state index contributed by atoms with van der Waals surface area (Å²) in [5, 5.41) is 20.2. The van der Waals surface area contributed by atoms with Crippen LogP contribution in [0.2, 0.25) is 0 Å². The molecule has 0 saturated carbocycles. The van der Waals surface area contributed by atoms with Gasteiger partial charge in [0.05, 0.1) is 18.7 Å². The Bertz CT molecular complexity index is 978. The van der Waals surface area contributed by atoms with Gasteiger partial charge >= 0.3 is 0 Å². The fourth-order valence-corrected chi connectivity index (χ4v) is 3.50. The molecule has 1 unspecified atom stereocenters. The van der Waals surface area contributed by atoms with Crippen LogP contribution >= 0.6 is 0 Å². The Labute approximate surface area is 180 Å². The minimum atomic E-state index is -0.769. The lowest BCUT2D eigenvalue weighted by Crippen LogP contribution is -2.31. The Kier molecular flexibility index (Phi) is 7.10. The Morgan fingerprint density at radius 3 is 2.32 bits per heavy atom. The average molecular weight is 423 g/mol. The van der Waals surface area contributed by atoms with Crippen LogP contribution in [-0.2, 0) is 9.59 Å². The van der Waals surface area contributed by atoms with Gasteiger partial charge in [-0.2, -0.15) is 0 Å². The fourth-order valence-electron chi connectivity index (χ4n) is 3.50. The van der Waals surface area contributed by atoms with E-state index in [-0.39, 0.29) is 24.5 Å². The number of ketones is 1. The van der Waals surface area contributed by atoms with E-state index in [4.69, 9.17) is 9.47 Å². The van der Waals surface area contributed by atoms with Crippen molar-refractivity contribution in [1.82, 2.24) is 4.90 Å². The number of carbonyl (C=O) groups excluding carboxylic acids is 2. The first kappa shape index (κ1) is 22.1. The third-order valence-corrected chi connectivity index (χ3v) is 5.02. The van der Waals surface area contributed by atoms with E-state index in [1.54, 1.807) is 61.7 Å². The molecule has 0 bridgehead atoms. The van der Waals surface area contributed by atoms with Gasteiger partial charge in [-0.15, -0.1) is 0 Å². The van der Waals surface area contributed by atoms with Crippen LogP contribution in [0.1, 0.15) is 23.6 Å². The van der Waals surface area contributed by atoms with Crippen molar-refractivity contribution in [1.29, 1.82) is 0 Å². The quantitative estimate of drug-likeness (QED) is 0.279. The molecule has 1 atom stereocenters. The summed E-state index contributed by atoms with van der Waals surface area (Å²) < 4.78 is 10.6. The van der Waals surface area contributed by atoms with Crippen molar-refractivity contribution in [2.45, 2.75) is 12.5 Å². The van der Waals surface area contributed by atoms with Crippen LogP contribution in [0.3, 0.4) is 0 Å². The van der Waals surface area contributed by atoms with E-state index in [9.17, 15) is 19.8 Å². The van der Waals surface area contributed by atoms with Crippen molar-refractivity contribution in [3.63, 3.8) is 0 Å². The number of Topliss-reactive ketones (excluding diaryl/α,β-unsaturated/α-hetero) is 1. The van der Waals surface area contributed by atoms with E-state index in [2.05, 4.69) is 6.58 Å². The van der Waals surface area contributed by atoms with Gasteiger partial charge in [0.2, 0.25) is 0 Å². The normalized spacial score (nSPS) is 17.6. The molecule has 31 heavy (non-hydrogen) atoms. The highest BCUT2D eigenvalue weighted by atomic mass is 16.5. The number of rotatable bonds is 9. The lowest BCUT2D eigenvalue weighted by molar-refractivity contribution is -0.140. The highest BCUT2D eigenvalue weighted by Crippen LogP contribution is 2.40. The standard InChI is InChI=1S/C24H25NO6/c1-3-15-31-19-11-7-17(8-12-19)22(27)20-21(16-5-9-18(30-2)10-6-16)25(13-4-14-26)24(29)23(20)28/h3,5-12,21,26-27H,1,4,13-15H2,2H3/b22-20+. The second kappa shape index (κ2) is 9.95. The maximum absolute atomic E-state index is 12.9. The van der Waals surface area contributed by atoms with Crippen molar-refractivity contribution in [2.24, 2.45) is 0 Å². The molecule has 3 rings (SSSR count). The van der Waals surface area contributed by atoms with Crippen LogP contribution < -0.4 is 9.47 Å². The smallest absolute Gasteiger partial charge is 0.295 e. The van der Waals surface area contributed by atoms with Crippen LogP contribution in [0.15, 0.2) is 66.8 Å². The first-order valence-electron chi connectivity index (χ1n) is 9.89. The number of benzene rings is 2. The van der Waals surface area contributed by atoms with Crippen LogP contribution in [0, 0.1) is 0 Å². The van der Waals surface area contributed by atoms with Crippen molar-refractivity contribution in [3.05, 3.63) is 77.9 Å². The molecule has 0 radical (unpaired) electrons. The van der Waals surface area contributed by atoms with Crippen LogP contribution in [-0.4, -0.2) is 53.7 Å². The second-order valence-electron chi connectivity index (χ2n) is 6.97. The molecule has 1 aliphatic heterocycles. The first-order valence-corrected chi connectivity index (χ1v) is 9.89. The van der Waals surface area contributed by atoms with E-state index in [1.807, 2.05) is 0 Å². The van der Waals surface area contributed by atoms with Gasteiger partial charge in [-0.05, 0) is 48.4 Å². The van der Waals surface area contributed by atoms with E-state index in [1.165, 1.54) is 4.90 Å². The molecule has 0 aliphatic carbocycles. The van der Waals surface area contributed by atoms with E-state index in [0.717, 1.165) is 0 Å². The predicted octanol–water partition coefficient (Wildman–Crippen LogP) is 3.06. The number of carbonyl (C=O) groups is 2. The zero-order valence-corrected chi connectivity index (χ0v) is 17.3. The molecule has 1 fully saturated rings. The fraction of sp³-hybridized carbons (Fsp3) is 0.250. The third kappa shape index (κ3) is 4.62. The summed E-state index contributed by atoms with van der Waals surface area (Å²) >= 11 is 0. The Morgan fingerprint density at radius 1 is 1.10 bits per heavy atom. The minimum absolute atomic E-state index is 0.00728. The molecule has 7 heteroatoms. The number of nitrogens with zero attached hydrogens (tertiary/aromatic N) is 1. The number of ether oxygens (including phenoxy) is 2. The maximum Gasteiger partial charge on any atom is 0.295 e. The van der Waals surface area contributed by atoms with E-state index in [0.29, 0.717) is 35.7 Å². The topological polar surface area (TPSA) is 96.3 Å². The van der Waals surface area contributed by atoms with Gasteiger partial charge in [0.1, 0.15) is 23.9 Å². The summed E-state index contributed by atoms with van der Waals surface area (Å²) in [4.78, 5) is 27.0. The Balaban J connectivity index is 2.05. The number of aliphatic hydroxyl groups is 2.